The van der Waals surface area contributed by atoms with Crippen molar-refractivity contribution in [1.82, 2.24) is 30.2 Å². The van der Waals surface area contributed by atoms with Crippen molar-refractivity contribution in [2.24, 2.45) is 9.98 Å². The minimum absolute atomic E-state index is 0.211. The first-order chi connectivity index (χ1) is 14.2. The lowest BCUT2D eigenvalue weighted by Gasteiger charge is -2.08. The third kappa shape index (κ3) is 6.94. The predicted octanol–water partition coefficient (Wildman–Crippen LogP) is 1.58. The van der Waals surface area contributed by atoms with Crippen LogP contribution in [0.3, 0.4) is 0 Å². The van der Waals surface area contributed by atoms with Gasteiger partial charge in [-0.05, 0) is 17.7 Å². The molecule has 152 valence electrons. The number of amides is 1. The van der Waals surface area contributed by atoms with Gasteiger partial charge in [0.05, 0.1) is 0 Å². The first-order valence-corrected chi connectivity index (χ1v) is 8.77. The minimum Gasteiger partial charge on any atom is -0.444 e. The molecule has 2 heterocycles. The van der Waals surface area contributed by atoms with Crippen molar-refractivity contribution in [3.8, 4) is 0 Å². The van der Waals surface area contributed by atoms with Crippen LogP contribution in [-0.4, -0.2) is 58.7 Å². The van der Waals surface area contributed by atoms with Crippen LogP contribution in [0.4, 0.5) is 4.79 Å². The van der Waals surface area contributed by atoms with Crippen LogP contribution < -0.4 is 10.6 Å². The number of carbonyl (C=O) groups excluding carboxylic acids is 1. The fourth-order valence-corrected chi connectivity index (χ4v) is 2.18. The van der Waals surface area contributed by atoms with Crippen LogP contribution in [0.15, 0.2) is 77.2 Å². The Kier molecular flexibility index (Phi) is 8.61. The molecule has 10 nitrogen and oxygen atoms in total. The van der Waals surface area contributed by atoms with Gasteiger partial charge in [0, 0.05) is 45.9 Å². The Bertz CT molecular complexity index is 903. The Balaban J connectivity index is 0.000000253. The van der Waals surface area contributed by atoms with Gasteiger partial charge < -0.3 is 10.1 Å². The Morgan fingerprint density at radius 3 is 2.03 bits per heavy atom. The lowest BCUT2D eigenvalue weighted by Crippen LogP contribution is -2.36. The van der Waals surface area contributed by atoms with Gasteiger partial charge in [-0.25, -0.2) is 14.2 Å². The van der Waals surface area contributed by atoms with Crippen molar-refractivity contribution in [3.05, 3.63) is 72.8 Å². The summed E-state index contributed by atoms with van der Waals surface area (Å²) in [6, 6.07) is 13.0. The van der Waals surface area contributed by atoms with Gasteiger partial charge in [0.1, 0.15) is 6.61 Å². The van der Waals surface area contributed by atoms with Crippen LogP contribution in [0.1, 0.15) is 5.56 Å². The molecule has 2 N–H and O–H groups in total. The fourth-order valence-electron chi connectivity index (χ4n) is 2.18. The highest BCUT2D eigenvalue weighted by Crippen LogP contribution is 2.00. The SMILES string of the molecule is CN=C(NC(=O)OCc1ccccc1)n1cccn1.CN=C(NC)n1cccn1. The van der Waals surface area contributed by atoms with Gasteiger partial charge in [-0.3, -0.25) is 15.3 Å². The van der Waals surface area contributed by atoms with Crippen LogP contribution in [0.2, 0.25) is 0 Å². The maximum atomic E-state index is 11.6. The first-order valence-electron chi connectivity index (χ1n) is 8.77. The number of alkyl carbamates (subject to hydrolysis) is 1. The molecule has 2 aromatic heterocycles. The fraction of sp³-hybridized carbons (Fsp3) is 0.211. The third-order valence-corrected chi connectivity index (χ3v) is 3.52. The van der Waals surface area contributed by atoms with E-state index in [1.807, 2.05) is 49.6 Å². The molecule has 0 aliphatic rings. The number of rotatable bonds is 2. The molecule has 3 aromatic rings. The minimum atomic E-state index is -0.569. The molecule has 10 heteroatoms. The summed E-state index contributed by atoms with van der Waals surface area (Å²) in [6.07, 6.45) is 6.25. The molecular weight excluding hydrogens is 372 g/mol. The molecule has 0 radical (unpaired) electrons. The summed E-state index contributed by atoms with van der Waals surface area (Å²) in [5.74, 6) is 1.05. The molecule has 3 rings (SSSR count). The molecule has 29 heavy (non-hydrogen) atoms. The molecule has 0 saturated heterocycles. The number of nitrogens with one attached hydrogen (secondary N) is 2. The zero-order chi connectivity index (χ0) is 20.9. The van der Waals surface area contributed by atoms with Gasteiger partial charge in [0.15, 0.2) is 0 Å². The van der Waals surface area contributed by atoms with Crippen molar-refractivity contribution in [1.29, 1.82) is 0 Å². The van der Waals surface area contributed by atoms with E-state index in [-0.39, 0.29) is 6.61 Å². The van der Waals surface area contributed by atoms with Gasteiger partial charge in [0.2, 0.25) is 11.9 Å². The Hall–Kier alpha value is -3.95. The number of ether oxygens (including phenoxy) is 1. The van der Waals surface area contributed by atoms with Gasteiger partial charge in [-0.1, -0.05) is 30.3 Å². The van der Waals surface area contributed by atoms with Crippen molar-refractivity contribution >= 4 is 18.0 Å². The molecule has 0 bridgehead atoms. The highest BCUT2D eigenvalue weighted by molar-refractivity contribution is 5.94. The largest absolute Gasteiger partial charge is 0.444 e. The van der Waals surface area contributed by atoms with E-state index in [0.29, 0.717) is 5.96 Å². The lowest BCUT2D eigenvalue weighted by molar-refractivity contribution is 0.144. The van der Waals surface area contributed by atoms with E-state index in [9.17, 15) is 4.79 Å². The van der Waals surface area contributed by atoms with Crippen molar-refractivity contribution in [2.45, 2.75) is 6.61 Å². The number of hydrogen-bond acceptors (Lipinski definition) is 6. The Labute approximate surface area is 168 Å². The third-order valence-electron chi connectivity index (χ3n) is 3.52. The summed E-state index contributed by atoms with van der Waals surface area (Å²) in [7, 11) is 5.09. The van der Waals surface area contributed by atoms with Gasteiger partial charge in [-0.15, -0.1) is 0 Å². The second kappa shape index (κ2) is 11.7. The van der Waals surface area contributed by atoms with E-state index < -0.39 is 6.09 Å². The second-order valence-corrected chi connectivity index (χ2v) is 5.43. The lowest BCUT2D eigenvalue weighted by atomic mass is 10.2. The summed E-state index contributed by atoms with van der Waals surface area (Å²) in [5.41, 5.74) is 0.923. The van der Waals surface area contributed by atoms with Crippen molar-refractivity contribution in [3.63, 3.8) is 0 Å². The molecule has 0 saturated carbocycles. The number of aliphatic imine (C=N–C) groups is 2. The molecule has 0 fully saturated rings. The average Bonchev–Trinajstić information content (AvgIpc) is 3.47. The number of nitrogens with zero attached hydrogens (tertiary/aromatic N) is 6. The standard InChI is InChI=1S/C13H14N4O2.C6H10N4/c1-14-12(17-9-5-8-15-17)16-13(18)19-10-11-6-3-2-4-7-11;1-7-6(8-2)10-5-3-4-9-10/h2-9H,10H2,1H3,(H,14,16,18);3-5H,1-2H3,(H,7,8). The zero-order valence-electron chi connectivity index (χ0n) is 16.6. The van der Waals surface area contributed by atoms with E-state index in [1.165, 1.54) is 4.68 Å². The first kappa shape index (κ1) is 21.4. The summed E-state index contributed by atoms with van der Waals surface area (Å²) >= 11 is 0. The van der Waals surface area contributed by atoms with Gasteiger partial charge >= 0.3 is 6.09 Å². The van der Waals surface area contributed by atoms with Gasteiger partial charge in [-0.2, -0.15) is 10.2 Å². The van der Waals surface area contributed by atoms with E-state index in [4.69, 9.17) is 4.74 Å². The quantitative estimate of drug-likeness (QED) is 0.505. The van der Waals surface area contributed by atoms with Crippen LogP contribution in [-0.2, 0) is 11.3 Å². The summed E-state index contributed by atoms with van der Waals surface area (Å²) in [4.78, 5) is 19.5. The van der Waals surface area contributed by atoms with Gasteiger partial charge in [0.25, 0.3) is 0 Å². The van der Waals surface area contributed by atoms with Crippen LogP contribution in [0.5, 0.6) is 0 Å². The molecule has 1 amide bonds. The van der Waals surface area contributed by atoms with Crippen molar-refractivity contribution < 1.29 is 9.53 Å². The number of benzene rings is 1. The monoisotopic (exact) mass is 396 g/mol. The maximum absolute atomic E-state index is 11.6. The summed E-state index contributed by atoms with van der Waals surface area (Å²) in [6.45, 7) is 0.211. The van der Waals surface area contributed by atoms with E-state index in [1.54, 1.807) is 43.4 Å². The van der Waals surface area contributed by atoms with Crippen LogP contribution in [0.25, 0.3) is 0 Å². The van der Waals surface area contributed by atoms with Crippen LogP contribution in [0, 0.1) is 0 Å². The molecule has 1 aromatic carbocycles. The average molecular weight is 396 g/mol. The second-order valence-electron chi connectivity index (χ2n) is 5.43. The highest BCUT2D eigenvalue weighted by atomic mass is 16.5. The number of carbonyl (C=O) groups is 1. The Morgan fingerprint density at radius 1 is 0.966 bits per heavy atom. The zero-order valence-corrected chi connectivity index (χ0v) is 16.6. The Morgan fingerprint density at radius 2 is 1.55 bits per heavy atom. The molecule has 0 spiro atoms. The highest BCUT2D eigenvalue weighted by Gasteiger charge is 2.08. The molecular formula is C19H24N8O2. The summed E-state index contributed by atoms with van der Waals surface area (Å²) < 4.78 is 8.20. The normalized spacial score (nSPS) is 11.3. The van der Waals surface area contributed by atoms with Crippen LogP contribution >= 0.6 is 0 Å². The predicted molar refractivity (Wildman–Crippen MR) is 111 cm³/mol. The molecule has 0 aliphatic carbocycles. The van der Waals surface area contributed by atoms with E-state index in [0.717, 1.165) is 11.5 Å². The van der Waals surface area contributed by atoms with E-state index in [2.05, 4.69) is 30.8 Å². The molecule has 0 aliphatic heterocycles. The molecule has 0 atom stereocenters. The number of aromatic nitrogens is 4. The number of hydrogen-bond donors (Lipinski definition) is 2. The van der Waals surface area contributed by atoms with E-state index >= 15 is 0 Å². The summed E-state index contributed by atoms with van der Waals surface area (Å²) in [5, 5.41) is 13.4. The smallest absolute Gasteiger partial charge is 0.414 e. The molecule has 0 unspecified atom stereocenters. The maximum Gasteiger partial charge on any atom is 0.414 e. The topological polar surface area (TPSA) is 111 Å². The van der Waals surface area contributed by atoms with Crippen molar-refractivity contribution in [2.75, 3.05) is 21.1 Å².